The lowest BCUT2D eigenvalue weighted by Crippen LogP contribution is -2.40. The number of halogens is 2. The third-order valence-corrected chi connectivity index (χ3v) is 7.31. The van der Waals surface area contributed by atoms with Crippen LogP contribution in [-0.4, -0.2) is 45.7 Å². The molecule has 2 saturated heterocycles. The van der Waals surface area contributed by atoms with Crippen LogP contribution < -0.4 is 4.90 Å². The van der Waals surface area contributed by atoms with E-state index in [0.717, 1.165) is 18.6 Å². The summed E-state index contributed by atoms with van der Waals surface area (Å²) >= 11 is 15.0. The van der Waals surface area contributed by atoms with Crippen LogP contribution in [0.2, 0.25) is 10.0 Å². The summed E-state index contributed by atoms with van der Waals surface area (Å²) in [5.74, 6) is 0.947. The highest BCUT2D eigenvalue weighted by Crippen LogP contribution is 2.30. The van der Waals surface area contributed by atoms with E-state index in [9.17, 15) is 9.59 Å². The lowest BCUT2D eigenvalue weighted by atomic mass is 10.3. The van der Waals surface area contributed by atoms with Crippen LogP contribution in [0, 0.1) is 0 Å². The van der Waals surface area contributed by atoms with Gasteiger partial charge in [0.1, 0.15) is 0 Å². The molecule has 10 heteroatoms. The van der Waals surface area contributed by atoms with Crippen molar-refractivity contribution in [2.75, 3.05) is 23.7 Å². The number of thioether (sulfide) groups is 1. The zero-order valence-electron chi connectivity index (χ0n) is 15.4. The van der Waals surface area contributed by atoms with E-state index in [-0.39, 0.29) is 18.2 Å². The van der Waals surface area contributed by atoms with E-state index in [1.54, 1.807) is 39.8 Å². The fraction of sp³-hybridized carbons (Fsp3) is 0.368. The Hall–Kier alpha value is -1.61. The average molecular weight is 469 g/mol. The van der Waals surface area contributed by atoms with Crippen LogP contribution in [0.5, 0.6) is 0 Å². The molecule has 0 unspecified atom stereocenters. The summed E-state index contributed by atoms with van der Waals surface area (Å²) in [6, 6.07) is 5.16. The van der Waals surface area contributed by atoms with Crippen LogP contribution in [0.3, 0.4) is 0 Å². The number of carbonyl (C=O) groups is 2. The van der Waals surface area contributed by atoms with Gasteiger partial charge in [-0.1, -0.05) is 35.0 Å². The highest BCUT2D eigenvalue weighted by molar-refractivity contribution is 8.13. The second-order valence-electron chi connectivity index (χ2n) is 6.69. The van der Waals surface area contributed by atoms with Crippen molar-refractivity contribution in [2.24, 2.45) is 4.99 Å². The minimum absolute atomic E-state index is 0.0550. The van der Waals surface area contributed by atoms with Gasteiger partial charge >= 0.3 is 0 Å². The van der Waals surface area contributed by atoms with Crippen molar-refractivity contribution in [1.82, 2.24) is 9.88 Å². The van der Waals surface area contributed by atoms with E-state index in [0.29, 0.717) is 51.2 Å². The Morgan fingerprint density at radius 2 is 2.07 bits per heavy atom. The van der Waals surface area contributed by atoms with Crippen molar-refractivity contribution >= 4 is 74.1 Å². The Kier molecular flexibility index (Phi) is 6.44. The fourth-order valence-electron chi connectivity index (χ4n) is 3.15. The van der Waals surface area contributed by atoms with E-state index in [2.05, 4.69) is 9.98 Å². The van der Waals surface area contributed by atoms with Gasteiger partial charge in [0, 0.05) is 30.6 Å². The first-order valence-electron chi connectivity index (χ1n) is 9.23. The molecule has 4 rings (SSSR count). The van der Waals surface area contributed by atoms with Crippen molar-refractivity contribution in [3.8, 4) is 0 Å². The molecule has 0 radical (unpaired) electrons. The molecule has 2 fully saturated rings. The van der Waals surface area contributed by atoms with Gasteiger partial charge in [-0.25, -0.2) is 9.98 Å². The van der Waals surface area contributed by atoms with Crippen LogP contribution in [-0.2, 0) is 16.0 Å². The minimum atomic E-state index is -0.0550. The number of carbonyl (C=O) groups excluding carboxylic acids is 2. The number of aliphatic imine (C=N–C) groups is 1. The second-order valence-corrected chi connectivity index (χ2v) is 9.40. The van der Waals surface area contributed by atoms with Crippen molar-refractivity contribution in [1.29, 1.82) is 0 Å². The van der Waals surface area contributed by atoms with E-state index in [1.807, 2.05) is 5.38 Å². The standard InChI is InChI=1S/C19H18Cl2N4O2S2/c20-14-5-4-12(9-15(14)21)22-18-25(7-2-8-28-18)17(27)10-13-11-29-19(23-13)24-6-1-3-16(24)26/h4-5,9,11H,1-3,6-8,10H2. The number of aromatic nitrogens is 1. The van der Waals surface area contributed by atoms with E-state index in [1.165, 1.54) is 11.3 Å². The zero-order chi connectivity index (χ0) is 20.4. The average Bonchev–Trinajstić information content (AvgIpc) is 3.33. The number of rotatable bonds is 4. The predicted octanol–water partition coefficient (Wildman–Crippen LogP) is 4.77. The molecule has 0 saturated carbocycles. The molecule has 2 aliphatic heterocycles. The van der Waals surface area contributed by atoms with Gasteiger partial charge in [-0.15, -0.1) is 11.3 Å². The zero-order valence-corrected chi connectivity index (χ0v) is 18.6. The lowest BCUT2D eigenvalue weighted by Gasteiger charge is -2.27. The molecule has 0 N–H and O–H groups in total. The Labute approximate surface area is 186 Å². The molecule has 29 heavy (non-hydrogen) atoms. The van der Waals surface area contributed by atoms with Crippen LogP contribution in [0.1, 0.15) is 25.0 Å². The summed E-state index contributed by atoms with van der Waals surface area (Å²) in [4.78, 5) is 37.4. The van der Waals surface area contributed by atoms with Crippen LogP contribution >= 0.6 is 46.3 Å². The highest BCUT2D eigenvalue weighted by Gasteiger charge is 2.27. The molecule has 2 aliphatic rings. The molecule has 0 bridgehead atoms. The summed E-state index contributed by atoms with van der Waals surface area (Å²) in [7, 11) is 0. The largest absolute Gasteiger partial charge is 0.291 e. The first kappa shape index (κ1) is 20.7. The van der Waals surface area contributed by atoms with Gasteiger partial charge in [0.2, 0.25) is 11.8 Å². The van der Waals surface area contributed by atoms with Gasteiger partial charge in [-0.3, -0.25) is 19.4 Å². The summed E-state index contributed by atoms with van der Waals surface area (Å²) in [5, 5.41) is 4.08. The maximum atomic E-state index is 13.0. The van der Waals surface area contributed by atoms with Crippen LogP contribution in [0.4, 0.5) is 10.8 Å². The molecular weight excluding hydrogens is 451 g/mol. The SMILES string of the molecule is O=C(Cc1csc(N2CCCC2=O)n1)N1CCCSC1=Nc1ccc(Cl)c(Cl)c1. The Morgan fingerprint density at radius 1 is 1.21 bits per heavy atom. The number of nitrogens with zero attached hydrogens (tertiary/aromatic N) is 4. The summed E-state index contributed by atoms with van der Waals surface area (Å²) in [6.45, 7) is 1.32. The number of benzene rings is 1. The number of amides is 2. The number of hydrogen-bond acceptors (Lipinski definition) is 6. The highest BCUT2D eigenvalue weighted by atomic mass is 35.5. The summed E-state index contributed by atoms with van der Waals surface area (Å²) in [5.41, 5.74) is 1.34. The number of anilines is 1. The van der Waals surface area contributed by atoms with Crippen molar-refractivity contribution in [3.05, 3.63) is 39.3 Å². The van der Waals surface area contributed by atoms with E-state index < -0.39 is 0 Å². The Morgan fingerprint density at radius 3 is 2.83 bits per heavy atom. The van der Waals surface area contributed by atoms with Crippen molar-refractivity contribution in [3.63, 3.8) is 0 Å². The topological polar surface area (TPSA) is 65.9 Å². The first-order valence-corrected chi connectivity index (χ1v) is 11.8. The molecule has 0 spiro atoms. The predicted molar refractivity (Wildman–Crippen MR) is 120 cm³/mol. The fourth-order valence-corrected chi connectivity index (χ4v) is 5.29. The van der Waals surface area contributed by atoms with Gasteiger partial charge in [0.05, 0.1) is 27.8 Å². The molecule has 0 aliphatic carbocycles. The molecular formula is C19H18Cl2N4O2S2. The molecule has 1 aromatic carbocycles. The van der Waals surface area contributed by atoms with Gasteiger partial charge in [0.25, 0.3) is 0 Å². The Balaban J connectivity index is 1.49. The molecule has 2 amide bonds. The number of amidine groups is 1. The second kappa shape index (κ2) is 9.04. The first-order chi connectivity index (χ1) is 14.0. The third-order valence-electron chi connectivity index (χ3n) is 4.59. The molecule has 1 aromatic heterocycles. The molecule has 3 heterocycles. The van der Waals surface area contributed by atoms with E-state index >= 15 is 0 Å². The van der Waals surface area contributed by atoms with Crippen molar-refractivity contribution in [2.45, 2.75) is 25.7 Å². The smallest absolute Gasteiger partial charge is 0.234 e. The minimum Gasteiger partial charge on any atom is -0.291 e. The molecule has 0 atom stereocenters. The van der Waals surface area contributed by atoms with Gasteiger partial charge < -0.3 is 0 Å². The monoisotopic (exact) mass is 468 g/mol. The van der Waals surface area contributed by atoms with Crippen molar-refractivity contribution < 1.29 is 9.59 Å². The normalized spacial score (nSPS) is 18.7. The third kappa shape index (κ3) is 4.77. The quantitative estimate of drug-likeness (QED) is 0.647. The molecule has 152 valence electrons. The van der Waals surface area contributed by atoms with Crippen LogP contribution in [0.15, 0.2) is 28.6 Å². The lowest BCUT2D eigenvalue weighted by molar-refractivity contribution is -0.126. The van der Waals surface area contributed by atoms with E-state index in [4.69, 9.17) is 23.2 Å². The Bertz CT molecular complexity index is 979. The number of thiazole rings is 1. The summed E-state index contributed by atoms with van der Waals surface area (Å²) in [6.07, 6.45) is 2.50. The summed E-state index contributed by atoms with van der Waals surface area (Å²) < 4.78 is 0. The maximum absolute atomic E-state index is 13.0. The number of hydrogen-bond donors (Lipinski definition) is 0. The van der Waals surface area contributed by atoms with Crippen LogP contribution in [0.25, 0.3) is 0 Å². The van der Waals surface area contributed by atoms with Gasteiger partial charge in [0.15, 0.2) is 10.3 Å². The maximum Gasteiger partial charge on any atom is 0.234 e. The van der Waals surface area contributed by atoms with Gasteiger partial charge in [-0.05, 0) is 31.0 Å². The molecule has 2 aromatic rings. The molecule has 6 nitrogen and oxygen atoms in total. The van der Waals surface area contributed by atoms with Gasteiger partial charge in [-0.2, -0.15) is 0 Å².